The van der Waals surface area contributed by atoms with Gasteiger partial charge in [0.25, 0.3) is 0 Å². The number of amides is 2. The number of fused-ring (bicyclic) bond motifs is 3. The minimum atomic E-state index is -1.19. The van der Waals surface area contributed by atoms with Gasteiger partial charge in [0, 0.05) is 18.8 Å². The molecule has 0 saturated heterocycles. The predicted octanol–water partition coefficient (Wildman–Crippen LogP) is 3.43. The van der Waals surface area contributed by atoms with Crippen molar-refractivity contribution in [3.05, 3.63) is 59.7 Å². The molecule has 0 aliphatic heterocycles. The zero-order valence-corrected chi connectivity index (χ0v) is 18.2. The molecule has 2 aliphatic rings. The van der Waals surface area contributed by atoms with E-state index in [1.807, 2.05) is 36.4 Å². The van der Waals surface area contributed by atoms with Crippen molar-refractivity contribution in [3.8, 4) is 23.5 Å². The summed E-state index contributed by atoms with van der Waals surface area (Å²) in [6.07, 6.45) is 6.58. The summed E-state index contributed by atoms with van der Waals surface area (Å²) >= 11 is 0. The van der Waals surface area contributed by atoms with Crippen LogP contribution >= 0.6 is 0 Å². The van der Waals surface area contributed by atoms with E-state index in [9.17, 15) is 19.5 Å². The van der Waals surface area contributed by atoms with Gasteiger partial charge in [-0.05, 0) is 41.5 Å². The van der Waals surface area contributed by atoms with E-state index in [4.69, 9.17) is 11.2 Å². The number of ether oxygens (including phenoxy) is 1. The number of terminal acetylenes is 1. The molecule has 1 saturated carbocycles. The molecule has 2 amide bonds. The van der Waals surface area contributed by atoms with Crippen LogP contribution in [0.5, 0.6) is 0 Å². The first kappa shape index (κ1) is 22.4. The Balaban J connectivity index is 1.37. The van der Waals surface area contributed by atoms with Crippen molar-refractivity contribution in [1.82, 2.24) is 10.6 Å². The third-order valence-electron chi connectivity index (χ3n) is 6.48. The fourth-order valence-corrected chi connectivity index (χ4v) is 4.67. The second-order valence-electron chi connectivity index (χ2n) is 8.63. The van der Waals surface area contributed by atoms with Crippen LogP contribution in [0.1, 0.15) is 49.1 Å². The molecule has 1 atom stereocenters. The maximum absolute atomic E-state index is 12.7. The molecular weight excluding hydrogens is 420 g/mol. The van der Waals surface area contributed by atoms with Crippen LogP contribution < -0.4 is 10.6 Å². The number of alkyl carbamates (subject to hydrolysis) is 1. The minimum absolute atomic E-state index is 0.0223. The van der Waals surface area contributed by atoms with Gasteiger partial charge in [-0.1, -0.05) is 48.5 Å². The summed E-state index contributed by atoms with van der Waals surface area (Å²) in [6, 6.07) is 15.0. The summed E-state index contributed by atoms with van der Waals surface area (Å²) in [5, 5.41) is 14.5. The topological polar surface area (TPSA) is 105 Å². The number of hydrogen-bond donors (Lipinski definition) is 3. The van der Waals surface area contributed by atoms with Crippen molar-refractivity contribution in [1.29, 1.82) is 0 Å². The Kier molecular flexibility index (Phi) is 6.36. The number of hydrogen-bond acceptors (Lipinski definition) is 4. The lowest BCUT2D eigenvalue weighted by Gasteiger charge is -2.41. The van der Waals surface area contributed by atoms with Gasteiger partial charge < -0.3 is 20.5 Å². The smallest absolute Gasteiger partial charge is 0.407 e. The van der Waals surface area contributed by atoms with Gasteiger partial charge in [-0.2, -0.15) is 0 Å². The van der Waals surface area contributed by atoms with Crippen LogP contribution in [0.2, 0.25) is 0 Å². The maximum atomic E-state index is 12.7. The molecule has 0 spiro atoms. The highest BCUT2D eigenvalue weighted by molar-refractivity contribution is 5.85. The van der Waals surface area contributed by atoms with E-state index in [1.54, 1.807) is 0 Å². The molecular formula is C26H26N2O5. The Labute approximate surface area is 192 Å². The quantitative estimate of drug-likeness (QED) is 0.539. The number of nitrogens with one attached hydrogen (secondary N) is 2. The van der Waals surface area contributed by atoms with E-state index < -0.39 is 29.6 Å². The molecule has 4 rings (SSSR count). The van der Waals surface area contributed by atoms with E-state index in [-0.39, 0.29) is 25.4 Å². The summed E-state index contributed by atoms with van der Waals surface area (Å²) in [6.45, 7) is 0.186. The van der Waals surface area contributed by atoms with Crippen molar-refractivity contribution < 1.29 is 24.2 Å². The zero-order valence-electron chi connectivity index (χ0n) is 18.2. The summed E-state index contributed by atoms with van der Waals surface area (Å²) in [5.41, 5.74) is 3.81. The van der Waals surface area contributed by atoms with Gasteiger partial charge >= 0.3 is 12.1 Å². The lowest BCUT2D eigenvalue weighted by atomic mass is 9.74. The van der Waals surface area contributed by atoms with Crippen LogP contribution in [0.15, 0.2) is 48.5 Å². The van der Waals surface area contributed by atoms with Crippen molar-refractivity contribution in [3.63, 3.8) is 0 Å². The fourth-order valence-electron chi connectivity index (χ4n) is 4.67. The van der Waals surface area contributed by atoms with Gasteiger partial charge in [-0.25, -0.2) is 9.59 Å². The van der Waals surface area contributed by atoms with Crippen LogP contribution in [-0.4, -0.2) is 41.3 Å². The highest BCUT2D eigenvalue weighted by Gasteiger charge is 2.41. The average Bonchev–Trinajstić information content (AvgIpc) is 3.09. The summed E-state index contributed by atoms with van der Waals surface area (Å²) in [7, 11) is 0. The Hall–Kier alpha value is -3.79. The van der Waals surface area contributed by atoms with E-state index >= 15 is 0 Å². The van der Waals surface area contributed by atoms with Gasteiger partial charge in [-0.15, -0.1) is 12.3 Å². The Morgan fingerprint density at radius 2 is 1.70 bits per heavy atom. The number of carboxylic acids is 1. The molecule has 33 heavy (non-hydrogen) atoms. The molecule has 1 unspecified atom stereocenters. The fraction of sp³-hybridized carbons (Fsp3) is 0.346. The largest absolute Gasteiger partial charge is 0.480 e. The van der Waals surface area contributed by atoms with E-state index in [1.165, 1.54) is 0 Å². The Morgan fingerprint density at radius 3 is 2.21 bits per heavy atom. The first-order chi connectivity index (χ1) is 15.9. The highest BCUT2D eigenvalue weighted by atomic mass is 16.5. The zero-order chi connectivity index (χ0) is 23.4. The Bertz CT molecular complexity index is 1070. The molecule has 170 valence electrons. The molecule has 3 N–H and O–H groups in total. The predicted molar refractivity (Wildman–Crippen MR) is 122 cm³/mol. The normalized spacial score (nSPS) is 16.3. The van der Waals surface area contributed by atoms with Crippen molar-refractivity contribution in [2.75, 3.05) is 6.61 Å². The molecule has 7 nitrogen and oxygen atoms in total. The van der Waals surface area contributed by atoms with Gasteiger partial charge in [-0.3, -0.25) is 4.79 Å². The average molecular weight is 447 g/mol. The SMILES string of the molecule is C#CCC(NC(=O)CC1(NC(=O)OCC2c3ccccc3-c3ccccc32)CCC1)C(=O)O. The first-order valence-corrected chi connectivity index (χ1v) is 11.0. The lowest BCUT2D eigenvalue weighted by Crippen LogP contribution is -2.57. The van der Waals surface area contributed by atoms with Crippen LogP contribution in [0.25, 0.3) is 11.1 Å². The molecule has 0 aromatic heterocycles. The maximum Gasteiger partial charge on any atom is 0.407 e. The molecule has 7 heteroatoms. The number of benzene rings is 2. The van der Waals surface area contributed by atoms with Gasteiger partial charge in [0.2, 0.25) is 5.91 Å². The summed E-state index contributed by atoms with van der Waals surface area (Å²) in [5.74, 6) is 0.550. The van der Waals surface area contributed by atoms with Crippen LogP contribution in [-0.2, 0) is 14.3 Å². The third kappa shape index (κ3) is 4.70. The molecule has 0 heterocycles. The summed E-state index contributed by atoms with van der Waals surface area (Å²) in [4.78, 5) is 36.3. The van der Waals surface area contributed by atoms with Crippen molar-refractivity contribution in [2.45, 2.75) is 49.6 Å². The van der Waals surface area contributed by atoms with E-state index in [0.29, 0.717) is 12.8 Å². The highest BCUT2D eigenvalue weighted by Crippen LogP contribution is 2.44. The third-order valence-corrected chi connectivity index (χ3v) is 6.48. The van der Waals surface area contributed by atoms with Crippen LogP contribution in [0, 0.1) is 12.3 Å². The lowest BCUT2D eigenvalue weighted by molar-refractivity contribution is -0.142. The van der Waals surface area contributed by atoms with Gasteiger partial charge in [0.15, 0.2) is 0 Å². The second kappa shape index (κ2) is 9.37. The van der Waals surface area contributed by atoms with Crippen molar-refractivity contribution >= 4 is 18.0 Å². The molecule has 2 aliphatic carbocycles. The number of carbonyl (C=O) groups is 3. The number of carbonyl (C=O) groups excluding carboxylic acids is 2. The molecule has 1 fully saturated rings. The van der Waals surface area contributed by atoms with Crippen molar-refractivity contribution in [2.24, 2.45) is 0 Å². The van der Waals surface area contributed by atoms with Crippen LogP contribution in [0.4, 0.5) is 4.79 Å². The monoisotopic (exact) mass is 446 g/mol. The second-order valence-corrected chi connectivity index (χ2v) is 8.63. The molecule has 2 aromatic rings. The summed E-state index contributed by atoms with van der Waals surface area (Å²) < 4.78 is 5.61. The number of carboxylic acid groups (broad SMARTS) is 1. The standard InChI is InChI=1S/C26H26N2O5/c1-2-8-22(24(30)31)27-23(29)15-26(13-7-14-26)28-25(32)33-16-21-19-11-5-3-9-17(19)18-10-4-6-12-20(18)21/h1,3-6,9-12,21-22H,7-8,13-16H2,(H,27,29)(H,28,32)(H,30,31). The molecule has 2 aromatic carbocycles. The van der Waals surface area contributed by atoms with E-state index in [0.717, 1.165) is 28.7 Å². The Morgan fingerprint density at radius 1 is 1.09 bits per heavy atom. The number of rotatable bonds is 8. The first-order valence-electron chi connectivity index (χ1n) is 11.0. The molecule has 0 bridgehead atoms. The number of aliphatic carboxylic acids is 1. The van der Waals surface area contributed by atoms with Crippen LogP contribution in [0.3, 0.4) is 0 Å². The van der Waals surface area contributed by atoms with Gasteiger partial charge in [0.05, 0.1) is 5.54 Å². The van der Waals surface area contributed by atoms with E-state index in [2.05, 4.69) is 28.7 Å². The van der Waals surface area contributed by atoms with Gasteiger partial charge in [0.1, 0.15) is 12.6 Å². The molecule has 0 radical (unpaired) electrons. The minimum Gasteiger partial charge on any atom is -0.480 e.